The van der Waals surface area contributed by atoms with Crippen molar-refractivity contribution in [3.63, 3.8) is 0 Å². The zero-order valence-electron chi connectivity index (χ0n) is 11.0. The maximum Gasteiger partial charge on any atom is 0.305 e. The predicted molar refractivity (Wildman–Crippen MR) is 69.7 cm³/mol. The van der Waals surface area contributed by atoms with E-state index in [2.05, 4.69) is 5.32 Å². The van der Waals surface area contributed by atoms with Crippen LogP contribution in [-0.4, -0.2) is 23.0 Å². The van der Waals surface area contributed by atoms with Gasteiger partial charge in [-0.1, -0.05) is 25.1 Å². The molecule has 2 N–H and O–H groups in total. The molecule has 0 radical (unpaired) electrons. The molecular weight excluding hydrogens is 230 g/mol. The van der Waals surface area contributed by atoms with Crippen LogP contribution in [0.25, 0.3) is 0 Å². The topological polar surface area (TPSA) is 66.4 Å². The third kappa shape index (κ3) is 3.58. The van der Waals surface area contributed by atoms with Gasteiger partial charge >= 0.3 is 5.97 Å². The molecule has 1 aromatic carbocycles. The molecule has 0 aliphatic rings. The number of hydrogen-bond acceptors (Lipinski definition) is 2. The van der Waals surface area contributed by atoms with Crippen LogP contribution in [0.5, 0.6) is 0 Å². The van der Waals surface area contributed by atoms with Gasteiger partial charge in [0.1, 0.15) is 0 Å². The SMILES string of the molecule is CCC(CC(=O)O)NC(=O)c1c(C)cccc1C. The number of amides is 1. The van der Waals surface area contributed by atoms with Crippen LogP contribution in [0.4, 0.5) is 0 Å². The molecule has 0 fully saturated rings. The molecule has 0 heterocycles. The fraction of sp³-hybridized carbons (Fsp3) is 0.429. The molecular formula is C14H19NO3. The van der Waals surface area contributed by atoms with Crippen molar-refractivity contribution in [3.8, 4) is 0 Å². The number of hydrogen-bond donors (Lipinski definition) is 2. The number of carboxylic acid groups (broad SMARTS) is 1. The van der Waals surface area contributed by atoms with Gasteiger partial charge < -0.3 is 10.4 Å². The molecule has 1 amide bonds. The lowest BCUT2D eigenvalue weighted by Gasteiger charge is -2.17. The van der Waals surface area contributed by atoms with Crippen LogP contribution >= 0.6 is 0 Å². The number of benzene rings is 1. The zero-order chi connectivity index (χ0) is 13.7. The monoisotopic (exact) mass is 249 g/mol. The second-order valence-corrected chi connectivity index (χ2v) is 4.44. The lowest BCUT2D eigenvalue weighted by atomic mass is 10.0. The van der Waals surface area contributed by atoms with Crippen LogP contribution in [0.15, 0.2) is 18.2 Å². The molecule has 98 valence electrons. The number of carbonyl (C=O) groups excluding carboxylic acids is 1. The van der Waals surface area contributed by atoms with Crippen LogP contribution in [0.2, 0.25) is 0 Å². The Hall–Kier alpha value is -1.84. The Bertz CT molecular complexity index is 434. The normalized spacial score (nSPS) is 11.9. The quantitative estimate of drug-likeness (QED) is 0.841. The average molecular weight is 249 g/mol. The van der Waals surface area contributed by atoms with E-state index in [-0.39, 0.29) is 18.4 Å². The Labute approximate surface area is 107 Å². The highest BCUT2D eigenvalue weighted by Gasteiger charge is 2.17. The number of carboxylic acids is 1. The van der Waals surface area contributed by atoms with E-state index in [1.165, 1.54) is 0 Å². The summed E-state index contributed by atoms with van der Waals surface area (Å²) < 4.78 is 0. The van der Waals surface area contributed by atoms with Crippen LogP contribution in [0.1, 0.15) is 41.3 Å². The molecule has 1 aromatic rings. The third-order valence-electron chi connectivity index (χ3n) is 2.96. The number of nitrogens with one attached hydrogen (secondary N) is 1. The van der Waals surface area contributed by atoms with Crippen molar-refractivity contribution in [1.82, 2.24) is 5.32 Å². The van der Waals surface area contributed by atoms with Gasteiger partial charge in [-0.3, -0.25) is 9.59 Å². The second kappa shape index (κ2) is 6.19. The molecule has 0 aliphatic heterocycles. The van der Waals surface area contributed by atoms with Crippen LogP contribution in [0.3, 0.4) is 0 Å². The van der Waals surface area contributed by atoms with Crippen molar-refractivity contribution in [3.05, 3.63) is 34.9 Å². The first-order valence-corrected chi connectivity index (χ1v) is 6.04. The Morgan fingerprint density at radius 2 is 1.83 bits per heavy atom. The van der Waals surface area contributed by atoms with Gasteiger partial charge in [0, 0.05) is 11.6 Å². The zero-order valence-corrected chi connectivity index (χ0v) is 11.0. The maximum atomic E-state index is 12.1. The Morgan fingerprint density at radius 3 is 2.28 bits per heavy atom. The van der Waals surface area contributed by atoms with Gasteiger partial charge in [0.2, 0.25) is 0 Å². The Kier molecular flexibility index (Phi) is 4.89. The lowest BCUT2D eigenvalue weighted by Crippen LogP contribution is -2.36. The molecule has 0 saturated heterocycles. The minimum atomic E-state index is -0.899. The smallest absolute Gasteiger partial charge is 0.305 e. The molecule has 1 atom stereocenters. The summed E-state index contributed by atoms with van der Waals surface area (Å²) in [6.45, 7) is 5.61. The van der Waals surface area contributed by atoms with E-state index in [1.807, 2.05) is 39.0 Å². The van der Waals surface area contributed by atoms with Crippen molar-refractivity contribution >= 4 is 11.9 Å². The third-order valence-corrected chi connectivity index (χ3v) is 2.96. The van der Waals surface area contributed by atoms with E-state index in [0.717, 1.165) is 11.1 Å². The highest BCUT2D eigenvalue weighted by molar-refractivity contribution is 5.97. The standard InChI is InChI=1S/C14H19NO3/c1-4-11(8-12(16)17)15-14(18)13-9(2)6-5-7-10(13)3/h5-7,11H,4,8H2,1-3H3,(H,15,18)(H,16,17). The van der Waals surface area contributed by atoms with Crippen molar-refractivity contribution in [2.24, 2.45) is 0 Å². The van der Waals surface area contributed by atoms with E-state index < -0.39 is 5.97 Å². The molecule has 0 bridgehead atoms. The minimum Gasteiger partial charge on any atom is -0.481 e. The Balaban J connectivity index is 2.84. The van der Waals surface area contributed by atoms with Gasteiger partial charge in [-0.05, 0) is 31.4 Å². The molecule has 1 rings (SSSR count). The summed E-state index contributed by atoms with van der Waals surface area (Å²) in [6, 6.07) is 5.32. The van der Waals surface area contributed by atoms with Gasteiger partial charge in [-0.25, -0.2) is 0 Å². The van der Waals surface area contributed by atoms with E-state index in [0.29, 0.717) is 12.0 Å². The van der Waals surface area contributed by atoms with Crippen LogP contribution in [0, 0.1) is 13.8 Å². The van der Waals surface area contributed by atoms with Crippen LogP contribution in [-0.2, 0) is 4.79 Å². The summed E-state index contributed by atoms with van der Waals surface area (Å²) in [5.74, 6) is -1.10. The molecule has 1 unspecified atom stereocenters. The first-order valence-electron chi connectivity index (χ1n) is 6.04. The van der Waals surface area contributed by atoms with E-state index in [1.54, 1.807) is 0 Å². The highest BCUT2D eigenvalue weighted by Crippen LogP contribution is 2.13. The van der Waals surface area contributed by atoms with Crippen molar-refractivity contribution in [1.29, 1.82) is 0 Å². The maximum absolute atomic E-state index is 12.1. The fourth-order valence-electron chi connectivity index (χ4n) is 1.94. The summed E-state index contributed by atoms with van der Waals surface area (Å²) in [4.78, 5) is 22.8. The first kappa shape index (κ1) is 14.2. The predicted octanol–water partition coefficient (Wildman–Crippen LogP) is 2.29. The van der Waals surface area contributed by atoms with Crippen LogP contribution < -0.4 is 5.32 Å². The summed E-state index contributed by atoms with van der Waals surface area (Å²) in [6.07, 6.45) is 0.552. The van der Waals surface area contributed by atoms with Crippen molar-refractivity contribution < 1.29 is 14.7 Å². The summed E-state index contributed by atoms with van der Waals surface area (Å²) in [7, 11) is 0. The van der Waals surface area contributed by atoms with Crippen molar-refractivity contribution in [2.45, 2.75) is 39.7 Å². The minimum absolute atomic E-state index is 0.0484. The fourth-order valence-corrected chi connectivity index (χ4v) is 1.94. The van der Waals surface area contributed by atoms with E-state index in [4.69, 9.17) is 5.11 Å². The molecule has 4 nitrogen and oxygen atoms in total. The molecule has 0 aliphatic carbocycles. The van der Waals surface area contributed by atoms with E-state index in [9.17, 15) is 9.59 Å². The van der Waals surface area contributed by atoms with Gasteiger partial charge in [0.25, 0.3) is 5.91 Å². The number of rotatable bonds is 5. The molecule has 0 spiro atoms. The van der Waals surface area contributed by atoms with Gasteiger partial charge in [0.05, 0.1) is 6.42 Å². The second-order valence-electron chi connectivity index (χ2n) is 4.44. The average Bonchev–Trinajstić information content (AvgIpc) is 2.27. The number of carbonyl (C=O) groups is 2. The summed E-state index contributed by atoms with van der Waals surface area (Å²) in [5, 5.41) is 11.5. The van der Waals surface area contributed by atoms with Gasteiger partial charge in [-0.2, -0.15) is 0 Å². The number of aliphatic carboxylic acids is 1. The highest BCUT2D eigenvalue weighted by atomic mass is 16.4. The van der Waals surface area contributed by atoms with Gasteiger partial charge in [0.15, 0.2) is 0 Å². The van der Waals surface area contributed by atoms with E-state index >= 15 is 0 Å². The summed E-state index contributed by atoms with van der Waals surface area (Å²) in [5.41, 5.74) is 2.44. The number of aryl methyl sites for hydroxylation is 2. The summed E-state index contributed by atoms with van der Waals surface area (Å²) >= 11 is 0. The molecule has 0 aromatic heterocycles. The van der Waals surface area contributed by atoms with Gasteiger partial charge in [-0.15, -0.1) is 0 Å². The molecule has 4 heteroatoms. The molecule has 0 saturated carbocycles. The largest absolute Gasteiger partial charge is 0.481 e. The lowest BCUT2D eigenvalue weighted by molar-refractivity contribution is -0.137. The van der Waals surface area contributed by atoms with Crippen molar-refractivity contribution in [2.75, 3.05) is 0 Å². The Morgan fingerprint density at radius 1 is 1.28 bits per heavy atom. The first-order chi connectivity index (χ1) is 8.45. The molecule has 18 heavy (non-hydrogen) atoms.